The second kappa shape index (κ2) is 9.97. The van der Waals surface area contributed by atoms with E-state index in [2.05, 4.69) is 30.9 Å². The molecule has 2 aromatic rings. The normalized spacial score (nSPS) is 15.6. The lowest BCUT2D eigenvalue weighted by atomic mass is 9.95. The minimum Gasteiger partial charge on any atom is -0.496 e. The highest BCUT2D eigenvalue weighted by molar-refractivity contribution is 5.92. The van der Waals surface area contributed by atoms with Gasteiger partial charge in [-0.25, -0.2) is 0 Å². The van der Waals surface area contributed by atoms with Gasteiger partial charge >= 0.3 is 0 Å². The number of amides is 1. The minimum absolute atomic E-state index is 0.0256. The van der Waals surface area contributed by atoms with Crippen LogP contribution in [0.1, 0.15) is 48.4 Å². The average molecular weight is 399 g/mol. The molecule has 0 radical (unpaired) electrons. The van der Waals surface area contributed by atoms with Crippen LogP contribution in [0.4, 0.5) is 0 Å². The summed E-state index contributed by atoms with van der Waals surface area (Å²) in [5.74, 6) is 2.43. The van der Waals surface area contributed by atoms with E-state index >= 15 is 0 Å². The fourth-order valence-corrected chi connectivity index (χ4v) is 4.13. The average Bonchev–Trinajstić information content (AvgIpc) is 3.14. The molecule has 0 atom stereocenters. The van der Waals surface area contributed by atoms with Gasteiger partial charge in [0.05, 0.1) is 13.4 Å². The van der Waals surface area contributed by atoms with Gasteiger partial charge in [-0.3, -0.25) is 9.69 Å². The Morgan fingerprint density at radius 3 is 2.59 bits per heavy atom. The number of rotatable bonds is 8. The van der Waals surface area contributed by atoms with Crippen molar-refractivity contribution in [2.45, 2.75) is 40.2 Å². The highest BCUT2D eigenvalue weighted by Gasteiger charge is 2.27. The fourth-order valence-electron chi connectivity index (χ4n) is 4.13. The Morgan fingerprint density at radius 2 is 1.97 bits per heavy atom. The molecule has 3 rings (SSSR count). The maximum atomic E-state index is 13.0. The summed E-state index contributed by atoms with van der Waals surface area (Å²) in [7, 11) is 1.73. The third kappa shape index (κ3) is 5.63. The monoisotopic (exact) mass is 398 g/mol. The zero-order chi connectivity index (χ0) is 20.8. The van der Waals surface area contributed by atoms with Crippen LogP contribution in [0.25, 0.3) is 0 Å². The standard InChI is InChI=1S/C24H34N2O3/c1-18(2)15-26(24(27)23-19(3)11-14-29-23)16-20-9-12-25(13-10-20)17-21-7-5-6-8-22(21)28-4/h5-8,11,14,18,20H,9-10,12-13,15-17H2,1-4H3. The van der Waals surface area contributed by atoms with Crippen LogP contribution in [0.3, 0.4) is 0 Å². The number of hydrogen-bond donors (Lipinski definition) is 0. The van der Waals surface area contributed by atoms with Crippen molar-refractivity contribution in [3.05, 3.63) is 53.5 Å². The number of likely N-dealkylation sites (tertiary alicyclic amines) is 1. The zero-order valence-electron chi connectivity index (χ0n) is 18.2. The summed E-state index contributed by atoms with van der Waals surface area (Å²) in [6.45, 7) is 10.8. The highest BCUT2D eigenvalue weighted by atomic mass is 16.5. The maximum Gasteiger partial charge on any atom is 0.289 e. The molecule has 1 fully saturated rings. The number of furan rings is 1. The molecule has 5 nitrogen and oxygen atoms in total. The molecule has 1 aromatic heterocycles. The molecule has 0 bridgehead atoms. The molecule has 1 aliphatic rings. The van der Waals surface area contributed by atoms with Gasteiger partial charge in [0.15, 0.2) is 5.76 Å². The van der Waals surface area contributed by atoms with Crippen LogP contribution in [0, 0.1) is 18.8 Å². The summed E-state index contributed by atoms with van der Waals surface area (Å²) >= 11 is 0. The van der Waals surface area contributed by atoms with E-state index in [9.17, 15) is 4.79 Å². The van der Waals surface area contributed by atoms with E-state index in [0.717, 1.165) is 56.9 Å². The Bertz CT molecular complexity index is 791. The Kier molecular flexibility index (Phi) is 7.37. The number of ether oxygens (including phenoxy) is 1. The largest absolute Gasteiger partial charge is 0.496 e. The van der Waals surface area contributed by atoms with Gasteiger partial charge in [-0.2, -0.15) is 0 Å². The summed E-state index contributed by atoms with van der Waals surface area (Å²) in [6.07, 6.45) is 3.81. The van der Waals surface area contributed by atoms with Crippen LogP contribution >= 0.6 is 0 Å². The Morgan fingerprint density at radius 1 is 1.24 bits per heavy atom. The van der Waals surface area contributed by atoms with E-state index in [1.807, 2.05) is 30.0 Å². The first-order chi connectivity index (χ1) is 14.0. The molecule has 1 aliphatic heterocycles. The molecule has 158 valence electrons. The van der Waals surface area contributed by atoms with Crippen molar-refractivity contribution in [2.24, 2.45) is 11.8 Å². The van der Waals surface area contributed by atoms with Crippen molar-refractivity contribution in [3.63, 3.8) is 0 Å². The Hall–Kier alpha value is -2.27. The van der Waals surface area contributed by atoms with E-state index in [-0.39, 0.29) is 5.91 Å². The molecular formula is C24H34N2O3. The lowest BCUT2D eigenvalue weighted by Crippen LogP contribution is -2.42. The molecular weight excluding hydrogens is 364 g/mol. The molecule has 0 aliphatic carbocycles. The summed E-state index contributed by atoms with van der Waals surface area (Å²) in [5.41, 5.74) is 2.15. The molecule has 29 heavy (non-hydrogen) atoms. The summed E-state index contributed by atoms with van der Waals surface area (Å²) in [6, 6.07) is 10.1. The van der Waals surface area contributed by atoms with Crippen molar-refractivity contribution in [2.75, 3.05) is 33.3 Å². The number of benzene rings is 1. The van der Waals surface area contributed by atoms with Gasteiger partial charge in [-0.15, -0.1) is 0 Å². The first-order valence-electron chi connectivity index (χ1n) is 10.7. The quantitative estimate of drug-likeness (QED) is 0.652. The Balaban J connectivity index is 1.57. The first-order valence-corrected chi connectivity index (χ1v) is 10.7. The van der Waals surface area contributed by atoms with Gasteiger partial charge in [0.25, 0.3) is 5.91 Å². The fraction of sp³-hybridized carbons (Fsp3) is 0.542. The van der Waals surface area contributed by atoms with Gasteiger partial charge in [0.2, 0.25) is 0 Å². The molecule has 5 heteroatoms. The number of hydrogen-bond acceptors (Lipinski definition) is 4. The molecule has 0 N–H and O–H groups in total. The lowest BCUT2D eigenvalue weighted by Gasteiger charge is -2.35. The predicted octanol–water partition coefficient (Wildman–Crippen LogP) is 4.61. The summed E-state index contributed by atoms with van der Waals surface area (Å²) < 4.78 is 11.0. The minimum atomic E-state index is 0.0256. The van der Waals surface area contributed by atoms with E-state index in [1.54, 1.807) is 13.4 Å². The van der Waals surface area contributed by atoms with Gasteiger partial charge in [-0.1, -0.05) is 32.0 Å². The predicted molar refractivity (Wildman–Crippen MR) is 115 cm³/mol. The van der Waals surface area contributed by atoms with Crippen molar-refractivity contribution >= 4 is 5.91 Å². The van der Waals surface area contributed by atoms with E-state index in [0.29, 0.717) is 17.6 Å². The maximum absolute atomic E-state index is 13.0. The molecule has 0 spiro atoms. The van der Waals surface area contributed by atoms with Crippen LogP contribution in [0.5, 0.6) is 5.75 Å². The third-order valence-electron chi connectivity index (χ3n) is 5.70. The first kappa shape index (κ1) is 21.4. The summed E-state index contributed by atoms with van der Waals surface area (Å²) in [5, 5.41) is 0. The molecule has 2 heterocycles. The van der Waals surface area contributed by atoms with Crippen molar-refractivity contribution < 1.29 is 13.9 Å². The summed E-state index contributed by atoms with van der Waals surface area (Å²) in [4.78, 5) is 17.5. The van der Waals surface area contributed by atoms with Crippen LogP contribution in [-0.2, 0) is 6.54 Å². The zero-order valence-corrected chi connectivity index (χ0v) is 18.2. The van der Waals surface area contributed by atoms with Gasteiger partial charge in [-0.05, 0) is 56.8 Å². The number of carbonyl (C=O) groups excluding carboxylic acids is 1. The molecule has 1 aromatic carbocycles. The van der Waals surface area contributed by atoms with Crippen molar-refractivity contribution in [1.29, 1.82) is 0 Å². The van der Waals surface area contributed by atoms with Gasteiger partial charge in [0, 0.05) is 30.8 Å². The van der Waals surface area contributed by atoms with Crippen molar-refractivity contribution in [1.82, 2.24) is 9.80 Å². The topological polar surface area (TPSA) is 45.9 Å². The van der Waals surface area contributed by atoms with Crippen molar-refractivity contribution in [3.8, 4) is 5.75 Å². The van der Waals surface area contributed by atoms with E-state index in [1.165, 1.54) is 5.56 Å². The SMILES string of the molecule is COc1ccccc1CN1CCC(CN(CC(C)C)C(=O)c2occc2C)CC1. The van der Waals surface area contributed by atoms with Crippen LogP contribution in [-0.4, -0.2) is 49.0 Å². The van der Waals surface area contributed by atoms with Crippen LogP contribution in [0.15, 0.2) is 41.0 Å². The van der Waals surface area contributed by atoms with Gasteiger partial charge < -0.3 is 14.1 Å². The second-order valence-corrected chi connectivity index (χ2v) is 8.57. The number of aryl methyl sites for hydroxylation is 1. The van der Waals surface area contributed by atoms with Crippen LogP contribution in [0.2, 0.25) is 0 Å². The number of nitrogens with zero attached hydrogens (tertiary/aromatic N) is 2. The molecule has 1 amide bonds. The third-order valence-corrected chi connectivity index (χ3v) is 5.70. The Labute approximate surface area is 174 Å². The lowest BCUT2D eigenvalue weighted by molar-refractivity contribution is 0.0631. The highest BCUT2D eigenvalue weighted by Crippen LogP contribution is 2.25. The smallest absolute Gasteiger partial charge is 0.289 e. The number of piperidine rings is 1. The van der Waals surface area contributed by atoms with E-state index in [4.69, 9.17) is 9.15 Å². The number of para-hydroxylation sites is 1. The molecule has 1 saturated heterocycles. The van der Waals surface area contributed by atoms with Crippen LogP contribution < -0.4 is 4.74 Å². The second-order valence-electron chi connectivity index (χ2n) is 8.57. The molecule has 0 saturated carbocycles. The van der Waals surface area contributed by atoms with E-state index < -0.39 is 0 Å². The number of carbonyl (C=O) groups is 1. The number of methoxy groups -OCH3 is 1. The molecule has 0 unspecified atom stereocenters. The van der Waals surface area contributed by atoms with Gasteiger partial charge in [0.1, 0.15) is 5.75 Å².